The molecule has 4 rings (SSSR count). The minimum absolute atomic E-state index is 0.756. The van der Waals surface area contributed by atoms with E-state index < -0.39 is 0 Å². The summed E-state index contributed by atoms with van der Waals surface area (Å²) in [5.41, 5.74) is 4.75. The Labute approximate surface area is 145 Å². The molecule has 4 aromatic rings. The topological polar surface area (TPSA) is 18.6 Å². The molecule has 0 spiro atoms. The van der Waals surface area contributed by atoms with E-state index in [1.54, 1.807) is 7.11 Å². The molecule has 0 saturated carbocycles. The number of fused-ring (bicyclic) bond motifs is 1. The molecule has 0 unspecified atom stereocenters. The molecule has 24 heavy (non-hydrogen) atoms. The fourth-order valence-corrected chi connectivity index (χ4v) is 3.03. The van der Waals surface area contributed by atoms with E-state index in [0.717, 1.165) is 23.0 Å². The maximum absolute atomic E-state index is 5.98. The molecular formula is C20H17ClN2O. The molecule has 0 saturated heterocycles. The van der Waals surface area contributed by atoms with Crippen LogP contribution < -0.4 is 4.74 Å². The normalized spacial score (nSPS) is 11.1. The van der Waals surface area contributed by atoms with Gasteiger partial charge in [-0.2, -0.15) is 0 Å². The summed E-state index contributed by atoms with van der Waals surface area (Å²) in [5, 5.41) is 0.756. The van der Waals surface area contributed by atoms with E-state index in [9.17, 15) is 0 Å². The zero-order chi connectivity index (χ0) is 16.5. The van der Waals surface area contributed by atoms with Gasteiger partial charge in [-0.25, -0.2) is 0 Å². The maximum Gasteiger partial charge on any atom is 0.118 e. The van der Waals surface area contributed by atoms with Gasteiger partial charge in [0.25, 0.3) is 0 Å². The van der Waals surface area contributed by atoms with Crippen LogP contribution in [-0.2, 0) is 6.54 Å². The van der Waals surface area contributed by atoms with Crippen LogP contribution in [0.5, 0.6) is 5.75 Å². The van der Waals surface area contributed by atoms with Crippen LogP contribution in [0, 0.1) is 0 Å². The van der Waals surface area contributed by atoms with Gasteiger partial charge in [-0.05, 0) is 41.5 Å². The first-order valence-electron chi connectivity index (χ1n) is 7.79. The number of nitrogens with zero attached hydrogens (tertiary/aromatic N) is 2. The van der Waals surface area contributed by atoms with Crippen molar-refractivity contribution in [1.29, 1.82) is 0 Å². The molecule has 0 bridgehead atoms. The van der Waals surface area contributed by atoms with Gasteiger partial charge in [-0.1, -0.05) is 35.9 Å². The minimum atomic E-state index is 0.756. The molecule has 2 aromatic carbocycles. The maximum atomic E-state index is 5.98. The van der Waals surface area contributed by atoms with Crippen molar-refractivity contribution < 1.29 is 4.74 Å². The molecule has 120 valence electrons. The van der Waals surface area contributed by atoms with Crippen molar-refractivity contribution in [2.45, 2.75) is 6.54 Å². The Hall–Kier alpha value is -2.65. The minimum Gasteiger partial charge on any atom is -0.497 e. The molecule has 0 fully saturated rings. The molecule has 0 amide bonds. The fourth-order valence-electron chi connectivity index (χ4n) is 2.91. The molecule has 0 aliphatic rings. The molecular weight excluding hydrogens is 320 g/mol. The van der Waals surface area contributed by atoms with Crippen LogP contribution in [0.1, 0.15) is 5.56 Å². The highest BCUT2D eigenvalue weighted by Crippen LogP contribution is 2.25. The van der Waals surface area contributed by atoms with E-state index >= 15 is 0 Å². The summed E-state index contributed by atoms with van der Waals surface area (Å²) in [4.78, 5) is 0. The van der Waals surface area contributed by atoms with Crippen LogP contribution in [0.25, 0.3) is 16.8 Å². The predicted molar refractivity (Wildman–Crippen MR) is 97.9 cm³/mol. The molecule has 0 aliphatic carbocycles. The SMILES string of the molecule is COc1ccc(Cn2ccn3cc(-c4ccc(Cl)cc4)cc23)cc1. The van der Waals surface area contributed by atoms with Crippen LogP contribution in [0.15, 0.2) is 73.2 Å². The highest BCUT2D eigenvalue weighted by molar-refractivity contribution is 6.30. The number of imidazole rings is 1. The smallest absolute Gasteiger partial charge is 0.118 e. The van der Waals surface area contributed by atoms with Crippen LogP contribution in [-0.4, -0.2) is 16.1 Å². The first-order valence-corrected chi connectivity index (χ1v) is 8.16. The van der Waals surface area contributed by atoms with E-state index in [-0.39, 0.29) is 0 Å². The molecule has 0 atom stereocenters. The van der Waals surface area contributed by atoms with Crippen LogP contribution in [0.4, 0.5) is 0 Å². The van der Waals surface area contributed by atoms with E-state index in [2.05, 4.69) is 45.8 Å². The Kier molecular flexibility index (Phi) is 3.79. The second-order valence-electron chi connectivity index (χ2n) is 5.78. The number of methoxy groups -OCH3 is 1. The van der Waals surface area contributed by atoms with Gasteiger partial charge in [0.05, 0.1) is 7.11 Å². The summed E-state index contributed by atoms with van der Waals surface area (Å²) in [5.74, 6) is 0.879. The lowest BCUT2D eigenvalue weighted by Crippen LogP contribution is -1.97. The Morgan fingerprint density at radius 3 is 2.38 bits per heavy atom. The van der Waals surface area contributed by atoms with Gasteiger partial charge in [-0.15, -0.1) is 0 Å². The molecule has 3 nitrogen and oxygen atoms in total. The monoisotopic (exact) mass is 336 g/mol. The second-order valence-corrected chi connectivity index (χ2v) is 6.21. The van der Waals surface area contributed by atoms with Gasteiger partial charge in [0, 0.05) is 35.7 Å². The Morgan fingerprint density at radius 1 is 0.917 bits per heavy atom. The fraction of sp³-hybridized carbons (Fsp3) is 0.100. The van der Waals surface area contributed by atoms with Crippen molar-refractivity contribution in [2.24, 2.45) is 0 Å². The van der Waals surface area contributed by atoms with Gasteiger partial charge in [0.15, 0.2) is 0 Å². The van der Waals surface area contributed by atoms with Crippen molar-refractivity contribution in [1.82, 2.24) is 8.97 Å². The summed E-state index contributed by atoms with van der Waals surface area (Å²) >= 11 is 5.98. The lowest BCUT2D eigenvalue weighted by Gasteiger charge is -2.05. The van der Waals surface area contributed by atoms with E-state index in [1.165, 1.54) is 16.7 Å². The second kappa shape index (κ2) is 6.10. The third kappa shape index (κ3) is 2.79. The van der Waals surface area contributed by atoms with Gasteiger partial charge < -0.3 is 13.7 Å². The molecule has 2 heterocycles. The number of hydrogen-bond donors (Lipinski definition) is 0. The summed E-state index contributed by atoms with van der Waals surface area (Å²) in [6, 6.07) is 18.3. The number of rotatable bonds is 4. The van der Waals surface area contributed by atoms with Crippen molar-refractivity contribution in [3.63, 3.8) is 0 Å². The third-order valence-corrected chi connectivity index (χ3v) is 4.47. The Morgan fingerprint density at radius 2 is 1.67 bits per heavy atom. The highest BCUT2D eigenvalue weighted by atomic mass is 35.5. The summed E-state index contributed by atoms with van der Waals surface area (Å²) < 4.78 is 9.60. The number of ether oxygens (including phenoxy) is 1. The number of aromatic nitrogens is 2. The van der Waals surface area contributed by atoms with Crippen LogP contribution in [0.3, 0.4) is 0 Å². The first kappa shape index (κ1) is 14.9. The quantitative estimate of drug-likeness (QED) is 0.506. The first-order chi connectivity index (χ1) is 11.7. The van der Waals surface area contributed by atoms with E-state index in [4.69, 9.17) is 16.3 Å². The van der Waals surface area contributed by atoms with Crippen molar-refractivity contribution >= 4 is 17.2 Å². The third-order valence-electron chi connectivity index (χ3n) is 4.22. The van der Waals surface area contributed by atoms with Gasteiger partial charge in [0.2, 0.25) is 0 Å². The average molecular weight is 337 g/mol. The van der Waals surface area contributed by atoms with E-state index in [0.29, 0.717) is 0 Å². The number of halogens is 1. The van der Waals surface area contributed by atoms with Gasteiger partial charge in [-0.3, -0.25) is 0 Å². The van der Waals surface area contributed by atoms with Crippen molar-refractivity contribution in [3.8, 4) is 16.9 Å². The average Bonchev–Trinajstić information content (AvgIpc) is 3.18. The number of benzene rings is 2. The molecule has 0 aliphatic heterocycles. The van der Waals surface area contributed by atoms with Crippen LogP contribution >= 0.6 is 11.6 Å². The standard InChI is InChI=1S/C20H17ClN2O/c1-24-19-8-2-15(3-9-19)13-22-10-11-23-14-17(12-20(22)23)16-4-6-18(21)7-5-16/h2-12,14H,13H2,1H3. The summed E-state index contributed by atoms with van der Waals surface area (Å²) in [7, 11) is 1.68. The lowest BCUT2D eigenvalue weighted by molar-refractivity contribution is 0.414. The lowest BCUT2D eigenvalue weighted by atomic mass is 10.1. The van der Waals surface area contributed by atoms with Crippen molar-refractivity contribution in [3.05, 3.63) is 83.8 Å². The number of hydrogen-bond acceptors (Lipinski definition) is 1. The predicted octanol–water partition coefficient (Wildman–Crippen LogP) is 5.12. The molecule has 0 radical (unpaired) electrons. The Bertz CT molecular complexity index is 965. The van der Waals surface area contributed by atoms with Crippen LogP contribution in [0.2, 0.25) is 5.02 Å². The zero-order valence-corrected chi connectivity index (χ0v) is 14.1. The summed E-state index contributed by atoms with van der Waals surface area (Å²) in [6.07, 6.45) is 6.33. The van der Waals surface area contributed by atoms with Gasteiger partial charge in [0.1, 0.15) is 11.4 Å². The molecule has 0 N–H and O–H groups in total. The summed E-state index contributed by atoms with van der Waals surface area (Å²) in [6.45, 7) is 0.824. The van der Waals surface area contributed by atoms with Gasteiger partial charge >= 0.3 is 0 Å². The van der Waals surface area contributed by atoms with Crippen molar-refractivity contribution in [2.75, 3.05) is 7.11 Å². The molecule has 2 aromatic heterocycles. The zero-order valence-electron chi connectivity index (χ0n) is 13.3. The highest BCUT2D eigenvalue weighted by Gasteiger charge is 2.07. The molecule has 4 heteroatoms. The largest absolute Gasteiger partial charge is 0.497 e. The Balaban J connectivity index is 1.65. The van der Waals surface area contributed by atoms with E-state index in [1.807, 2.05) is 36.4 Å².